The maximum atomic E-state index is 10.9. The van der Waals surface area contributed by atoms with E-state index in [9.17, 15) is 9.82 Å². The molecule has 10 heteroatoms. The van der Waals surface area contributed by atoms with Crippen LogP contribution in [0.4, 0.5) is 0 Å². The first-order chi connectivity index (χ1) is 11.5. The van der Waals surface area contributed by atoms with Crippen LogP contribution in [-0.2, 0) is 16.0 Å². The lowest BCUT2D eigenvalue weighted by Crippen LogP contribution is -2.28. The summed E-state index contributed by atoms with van der Waals surface area (Å²) < 4.78 is 11.0. The number of nitrogens with two attached hydrogens (primary N) is 1. The van der Waals surface area contributed by atoms with Gasteiger partial charge in [0.1, 0.15) is 11.6 Å². The van der Waals surface area contributed by atoms with Crippen LogP contribution >= 0.6 is 12.4 Å². The van der Waals surface area contributed by atoms with Gasteiger partial charge in [-0.3, -0.25) is 4.79 Å². The van der Waals surface area contributed by atoms with Gasteiger partial charge in [-0.15, -0.1) is 12.4 Å². The van der Waals surface area contributed by atoms with E-state index < -0.39 is 19.2 Å². The van der Waals surface area contributed by atoms with Crippen molar-refractivity contribution in [3.05, 3.63) is 41.3 Å². The number of hydrogen-bond donors (Lipinski definition) is 3. The first-order valence-electron chi connectivity index (χ1n) is 7.37. The molecule has 1 aliphatic rings. The number of aliphatic carboxylic acids is 1. The number of rotatable bonds is 5. The first kappa shape index (κ1) is 19.1. The van der Waals surface area contributed by atoms with Crippen LogP contribution in [0.2, 0.25) is 0 Å². The number of ether oxygens (including phenoxy) is 1. The number of hydrogen-bond acceptors (Lipinski definition) is 7. The van der Waals surface area contributed by atoms with Crippen LogP contribution < -0.4 is 15.9 Å². The van der Waals surface area contributed by atoms with Crippen molar-refractivity contribution in [1.29, 1.82) is 0 Å². The Morgan fingerprint density at radius 3 is 2.92 bits per heavy atom. The van der Waals surface area contributed by atoms with Crippen molar-refractivity contribution in [3.63, 3.8) is 0 Å². The van der Waals surface area contributed by atoms with Gasteiger partial charge in [0.05, 0.1) is 19.1 Å². The topological polar surface area (TPSA) is 128 Å². The van der Waals surface area contributed by atoms with Gasteiger partial charge in [0.15, 0.2) is 0 Å². The third kappa shape index (κ3) is 4.08. The number of nitrogens with zero attached hydrogens (tertiary/aromatic N) is 2. The van der Waals surface area contributed by atoms with Gasteiger partial charge >= 0.3 is 13.1 Å². The number of aryl methyl sites for hydroxylation is 1. The number of carbonyl (C=O) groups is 1. The molecule has 3 rings (SSSR count). The molecule has 0 saturated carbocycles. The Hall–Kier alpha value is -2.20. The fourth-order valence-corrected chi connectivity index (χ4v) is 2.76. The molecule has 0 aliphatic carbocycles. The lowest BCUT2D eigenvalue weighted by atomic mass is 9.77. The molecule has 1 aromatic heterocycles. The average Bonchev–Trinajstić information content (AvgIpc) is 2.83. The number of aromatic nitrogens is 2. The molecule has 0 fully saturated rings. The maximum Gasteiger partial charge on any atom is 0.492 e. The largest absolute Gasteiger partial charge is 0.492 e. The van der Waals surface area contributed by atoms with Crippen molar-refractivity contribution in [1.82, 2.24) is 9.97 Å². The Bertz CT molecular complexity index is 792. The van der Waals surface area contributed by atoms with Gasteiger partial charge in [-0.1, -0.05) is 0 Å². The zero-order valence-electron chi connectivity index (χ0n) is 13.4. The van der Waals surface area contributed by atoms with E-state index in [-0.39, 0.29) is 25.4 Å². The molecule has 0 bridgehead atoms. The fourth-order valence-electron chi connectivity index (χ4n) is 2.76. The van der Waals surface area contributed by atoms with Crippen LogP contribution in [0.25, 0.3) is 0 Å². The number of benzene rings is 1. The summed E-state index contributed by atoms with van der Waals surface area (Å²) in [5.74, 6) is 0.261. The number of carboxylic acid groups (broad SMARTS) is 1. The van der Waals surface area contributed by atoms with Crippen molar-refractivity contribution in [3.8, 4) is 11.6 Å². The number of carboxylic acids is 1. The molecule has 1 aliphatic heterocycles. The minimum atomic E-state index is -1.18. The van der Waals surface area contributed by atoms with E-state index >= 15 is 0 Å². The summed E-state index contributed by atoms with van der Waals surface area (Å²) in [5, 5.41) is 19.0. The highest BCUT2D eigenvalue weighted by Gasteiger charge is 2.37. The van der Waals surface area contributed by atoms with Crippen LogP contribution in [0, 0.1) is 6.92 Å². The van der Waals surface area contributed by atoms with Crippen LogP contribution in [0.5, 0.6) is 11.6 Å². The monoisotopic (exact) mass is 365 g/mol. The van der Waals surface area contributed by atoms with Gasteiger partial charge in [-0.2, -0.15) is 4.98 Å². The lowest BCUT2D eigenvalue weighted by Gasteiger charge is -2.13. The van der Waals surface area contributed by atoms with Gasteiger partial charge in [0.2, 0.25) is 5.88 Å². The molecule has 8 nitrogen and oxygen atoms in total. The zero-order chi connectivity index (χ0) is 17.3. The van der Waals surface area contributed by atoms with Gasteiger partial charge in [-0.25, -0.2) is 4.98 Å². The van der Waals surface area contributed by atoms with Crippen LogP contribution in [0.3, 0.4) is 0 Å². The van der Waals surface area contributed by atoms with Crippen LogP contribution in [0.1, 0.15) is 29.5 Å². The highest BCUT2D eigenvalue weighted by Crippen LogP contribution is 2.32. The predicted octanol–water partition coefficient (Wildman–Crippen LogP) is 0.691. The second-order valence-corrected chi connectivity index (χ2v) is 5.44. The highest BCUT2D eigenvalue weighted by molar-refractivity contribution is 6.62. The molecule has 4 N–H and O–H groups in total. The van der Waals surface area contributed by atoms with Gasteiger partial charge in [0.25, 0.3) is 0 Å². The summed E-state index contributed by atoms with van der Waals surface area (Å²) in [6, 6.07) is 4.97. The van der Waals surface area contributed by atoms with Crippen LogP contribution in [-0.4, -0.2) is 33.2 Å². The minimum Gasteiger partial charge on any atom is -0.481 e. The smallest absolute Gasteiger partial charge is 0.481 e. The summed E-state index contributed by atoms with van der Waals surface area (Å²) in [4.78, 5) is 19.1. The Balaban J connectivity index is 0.00000225. The van der Waals surface area contributed by atoms with E-state index in [1.165, 1.54) is 0 Å². The predicted molar refractivity (Wildman–Crippen MR) is 92.1 cm³/mol. The van der Waals surface area contributed by atoms with Crippen molar-refractivity contribution < 1.29 is 24.3 Å². The van der Waals surface area contributed by atoms with Crippen molar-refractivity contribution >= 4 is 31.0 Å². The van der Waals surface area contributed by atoms with E-state index in [1.807, 2.05) is 6.92 Å². The van der Waals surface area contributed by atoms with E-state index in [4.69, 9.17) is 20.2 Å². The second-order valence-electron chi connectivity index (χ2n) is 5.44. The lowest BCUT2D eigenvalue weighted by molar-refractivity contribution is -0.138. The van der Waals surface area contributed by atoms with E-state index in [0.717, 1.165) is 5.56 Å². The highest BCUT2D eigenvalue weighted by atomic mass is 35.5. The summed E-state index contributed by atoms with van der Waals surface area (Å²) in [6.07, 6.45) is 0.659. The quantitative estimate of drug-likeness (QED) is 0.660. The number of fused-ring (bicyclic) bond motifs is 1. The molecule has 0 radical (unpaired) electrons. The molecule has 0 saturated heterocycles. The normalized spacial score (nSPS) is 15.5. The van der Waals surface area contributed by atoms with Gasteiger partial charge < -0.3 is 25.3 Å². The third-order valence-corrected chi connectivity index (χ3v) is 3.72. The molecule has 132 valence electrons. The summed E-state index contributed by atoms with van der Waals surface area (Å²) in [6.45, 7) is 2.01. The molecule has 2 aromatic rings. The van der Waals surface area contributed by atoms with E-state index in [2.05, 4.69) is 9.97 Å². The van der Waals surface area contributed by atoms with E-state index in [1.54, 1.807) is 24.4 Å². The molecular weight excluding hydrogens is 348 g/mol. The Morgan fingerprint density at radius 1 is 1.48 bits per heavy atom. The maximum absolute atomic E-state index is 10.9. The Kier molecular flexibility index (Phi) is 5.96. The standard InChI is InChI=1S/C15H16BN3O5.ClH/c1-8-4-9(23-13-2-3-18-12(7-17)19-13)5-10-15(8)11(6-14(20)21)24-16(10)22;/h2-5,11,22H,6-7,17H2,1H3,(H,20,21);1H. The molecule has 1 atom stereocenters. The molecule has 1 unspecified atom stereocenters. The summed E-state index contributed by atoms with van der Waals surface area (Å²) in [7, 11) is -1.18. The summed E-state index contributed by atoms with van der Waals surface area (Å²) >= 11 is 0. The van der Waals surface area contributed by atoms with Crippen molar-refractivity contribution in [2.24, 2.45) is 5.73 Å². The molecule has 0 amide bonds. The molecule has 2 heterocycles. The van der Waals surface area contributed by atoms with Crippen LogP contribution in [0.15, 0.2) is 24.4 Å². The minimum absolute atomic E-state index is 0. The molecule has 0 spiro atoms. The zero-order valence-corrected chi connectivity index (χ0v) is 14.2. The third-order valence-electron chi connectivity index (χ3n) is 3.72. The second kappa shape index (κ2) is 7.79. The molecule has 25 heavy (non-hydrogen) atoms. The van der Waals surface area contributed by atoms with E-state index in [0.29, 0.717) is 28.5 Å². The van der Waals surface area contributed by atoms with Gasteiger partial charge in [-0.05, 0) is 35.6 Å². The number of halogens is 1. The molecule has 1 aromatic carbocycles. The fraction of sp³-hybridized carbons (Fsp3) is 0.267. The van der Waals surface area contributed by atoms with Crippen molar-refractivity contribution in [2.75, 3.05) is 0 Å². The first-order valence-corrected chi connectivity index (χ1v) is 7.37. The SMILES string of the molecule is Cc1cc(Oc2ccnc(CN)n2)cc2c1C(CC(=O)O)OB2O.Cl. The summed E-state index contributed by atoms with van der Waals surface area (Å²) in [5.41, 5.74) is 7.47. The Morgan fingerprint density at radius 2 is 2.24 bits per heavy atom. The average molecular weight is 366 g/mol. The van der Waals surface area contributed by atoms with Crippen molar-refractivity contribution in [2.45, 2.75) is 26.0 Å². The Labute approximate surface area is 150 Å². The molecular formula is C15H17BClN3O5. The van der Waals surface area contributed by atoms with Gasteiger partial charge in [0, 0.05) is 12.3 Å².